The lowest BCUT2D eigenvalue weighted by molar-refractivity contribution is 0.100. The second-order valence-electron chi connectivity index (χ2n) is 5.88. The minimum Gasteiger partial charge on any atom is -0.508 e. The topological polar surface area (TPSA) is 62.5 Å². The second-order valence-corrected chi connectivity index (χ2v) is 7.31. The van der Waals surface area contributed by atoms with Gasteiger partial charge in [0.05, 0.1) is 10.6 Å². The summed E-state index contributed by atoms with van der Waals surface area (Å²) in [6.07, 6.45) is 1.64. The number of carbonyl (C=O) groups excluding carboxylic acids is 1. The Labute approximate surface area is 160 Å². The van der Waals surface area contributed by atoms with E-state index in [2.05, 4.69) is 9.98 Å². The molecule has 1 aromatic heterocycles. The first-order valence-electron chi connectivity index (χ1n) is 8.00. The molecule has 2 aromatic carbocycles. The first-order chi connectivity index (χ1) is 12.4. The Morgan fingerprint density at radius 3 is 2.65 bits per heavy atom. The van der Waals surface area contributed by atoms with Crippen LogP contribution in [0.15, 0.2) is 47.5 Å². The van der Waals surface area contributed by atoms with Crippen molar-refractivity contribution < 1.29 is 9.90 Å². The van der Waals surface area contributed by atoms with Crippen LogP contribution in [0.1, 0.15) is 26.5 Å². The van der Waals surface area contributed by atoms with Crippen molar-refractivity contribution in [1.82, 2.24) is 4.98 Å². The molecule has 3 aromatic rings. The molecule has 0 amide bonds. The number of aromatic nitrogens is 1. The van der Waals surface area contributed by atoms with E-state index in [1.165, 1.54) is 11.3 Å². The van der Waals surface area contributed by atoms with Crippen LogP contribution in [0, 0.1) is 13.8 Å². The van der Waals surface area contributed by atoms with E-state index in [1.54, 1.807) is 30.5 Å². The fraction of sp³-hybridized carbons (Fsp3) is 0.150. The SMILES string of the molecule is Cc1cc(C=NCC(=O)c2sc(-c3ccc(Cl)cc3)nc2C)ccc1O. The lowest BCUT2D eigenvalue weighted by Crippen LogP contribution is -2.03. The third kappa shape index (κ3) is 4.18. The predicted molar refractivity (Wildman–Crippen MR) is 107 cm³/mol. The van der Waals surface area contributed by atoms with Gasteiger partial charge in [-0.2, -0.15) is 0 Å². The first-order valence-corrected chi connectivity index (χ1v) is 9.19. The zero-order valence-electron chi connectivity index (χ0n) is 14.4. The van der Waals surface area contributed by atoms with E-state index in [4.69, 9.17) is 11.6 Å². The third-order valence-electron chi connectivity index (χ3n) is 3.84. The number of benzene rings is 2. The van der Waals surface area contributed by atoms with Gasteiger partial charge in [-0.3, -0.25) is 9.79 Å². The molecule has 0 aliphatic heterocycles. The quantitative estimate of drug-likeness (QED) is 0.492. The van der Waals surface area contributed by atoms with Crippen molar-refractivity contribution in [3.05, 3.63) is 69.2 Å². The van der Waals surface area contributed by atoms with E-state index < -0.39 is 0 Å². The summed E-state index contributed by atoms with van der Waals surface area (Å²) in [5, 5.41) is 11.0. The van der Waals surface area contributed by atoms with Crippen molar-refractivity contribution in [3.8, 4) is 16.3 Å². The summed E-state index contributed by atoms with van der Waals surface area (Å²) < 4.78 is 0. The Balaban J connectivity index is 1.72. The number of aliphatic imine (C=N–C) groups is 1. The van der Waals surface area contributed by atoms with E-state index in [1.807, 2.05) is 32.0 Å². The summed E-state index contributed by atoms with van der Waals surface area (Å²) >= 11 is 7.28. The second kappa shape index (κ2) is 7.81. The fourth-order valence-corrected chi connectivity index (χ4v) is 3.56. The van der Waals surface area contributed by atoms with Crippen molar-refractivity contribution in [1.29, 1.82) is 0 Å². The molecular formula is C20H17ClN2O2S. The monoisotopic (exact) mass is 384 g/mol. The largest absolute Gasteiger partial charge is 0.508 e. The minimum absolute atomic E-state index is 0.0585. The zero-order chi connectivity index (χ0) is 18.7. The summed E-state index contributed by atoms with van der Waals surface area (Å²) in [6, 6.07) is 12.6. The Morgan fingerprint density at radius 2 is 1.96 bits per heavy atom. The molecule has 132 valence electrons. The van der Waals surface area contributed by atoms with E-state index in [0.29, 0.717) is 15.6 Å². The number of halogens is 1. The molecule has 0 radical (unpaired) electrons. The molecule has 0 saturated heterocycles. The molecule has 3 rings (SSSR count). The molecule has 0 aliphatic carbocycles. The summed E-state index contributed by atoms with van der Waals surface area (Å²) in [7, 11) is 0. The van der Waals surface area contributed by atoms with Crippen LogP contribution in [0.5, 0.6) is 5.75 Å². The molecule has 1 N–H and O–H groups in total. The zero-order valence-corrected chi connectivity index (χ0v) is 15.9. The third-order valence-corrected chi connectivity index (χ3v) is 5.34. The number of rotatable bonds is 5. The minimum atomic E-state index is -0.0630. The molecule has 0 saturated carbocycles. The maximum atomic E-state index is 12.5. The number of hydrogen-bond acceptors (Lipinski definition) is 5. The lowest BCUT2D eigenvalue weighted by Gasteiger charge is -1.99. The van der Waals surface area contributed by atoms with Crippen molar-refractivity contribution in [3.63, 3.8) is 0 Å². The molecule has 26 heavy (non-hydrogen) atoms. The van der Waals surface area contributed by atoms with Crippen molar-refractivity contribution >= 4 is 34.9 Å². The Bertz CT molecular complexity index is 978. The predicted octanol–water partition coefficient (Wildman–Crippen LogP) is 5.09. The Hall–Kier alpha value is -2.50. The number of thiazole rings is 1. The molecule has 0 spiro atoms. The van der Waals surface area contributed by atoms with Crippen molar-refractivity contribution in [2.75, 3.05) is 6.54 Å². The number of phenols is 1. The molecule has 1 heterocycles. The summed E-state index contributed by atoms with van der Waals surface area (Å²) in [4.78, 5) is 21.8. The van der Waals surface area contributed by atoms with E-state index in [-0.39, 0.29) is 18.1 Å². The lowest BCUT2D eigenvalue weighted by atomic mass is 10.1. The van der Waals surface area contributed by atoms with Crippen LogP contribution >= 0.6 is 22.9 Å². The maximum absolute atomic E-state index is 12.5. The standard InChI is InChI=1S/C20H17ClN2O2S/c1-12-9-14(3-8-17(12)24)10-22-11-18(25)19-13(2)23-20(26-19)15-4-6-16(21)7-5-15/h3-10,24H,11H2,1-2H3. The number of aryl methyl sites for hydroxylation is 2. The van der Waals surface area contributed by atoms with Crippen molar-refractivity contribution in [2.24, 2.45) is 4.99 Å². The molecule has 0 atom stereocenters. The van der Waals surface area contributed by atoms with Crippen LogP contribution in [0.2, 0.25) is 5.02 Å². The highest BCUT2D eigenvalue weighted by Gasteiger charge is 2.15. The Kier molecular flexibility index (Phi) is 5.49. The first kappa shape index (κ1) is 18.3. The van der Waals surface area contributed by atoms with Gasteiger partial charge in [0, 0.05) is 16.8 Å². The normalized spacial score (nSPS) is 11.2. The molecule has 0 unspecified atom stereocenters. The van der Waals surface area contributed by atoms with E-state index in [9.17, 15) is 9.90 Å². The number of hydrogen-bond donors (Lipinski definition) is 1. The van der Waals surface area contributed by atoms with Crippen LogP contribution in [0.4, 0.5) is 0 Å². The number of nitrogens with zero attached hydrogens (tertiary/aromatic N) is 2. The molecular weight excluding hydrogens is 368 g/mol. The van der Waals surface area contributed by atoms with Crippen LogP contribution in [-0.2, 0) is 0 Å². The highest BCUT2D eigenvalue weighted by molar-refractivity contribution is 7.17. The smallest absolute Gasteiger partial charge is 0.196 e. The molecule has 0 bridgehead atoms. The average Bonchev–Trinajstić information content (AvgIpc) is 3.00. The van der Waals surface area contributed by atoms with Crippen LogP contribution in [0.3, 0.4) is 0 Å². The van der Waals surface area contributed by atoms with Gasteiger partial charge in [0.2, 0.25) is 0 Å². The van der Waals surface area contributed by atoms with Gasteiger partial charge in [-0.15, -0.1) is 11.3 Å². The number of Topliss-reactive ketones (excluding diaryl/α,β-unsaturated/α-hetero) is 1. The Morgan fingerprint density at radius 1 is 1.23 bits per heavy atom. The highest BCUT2D eigenvalue weighted by Crippen LogP contribution is 2.29. The van der Waals surface area contributed by atoms with Crippen LogP contribution in [0.25, 0.3) is 10.6 Å². The van der Waals surface area contributed by atoms with E-state index >= 15 is 0 Å². The van der Waals surface area contributed by atoms with Gasteiger partial charge in [0.1, 0.15) is 17.3 Å². The molecule has 0 aliphatic rings. The van der Waals surface area contributed by atoms with Gasteiger partial charge in [0.15, 0.2) is 5.78 Å². The molecule has 6 heteroatoms. The van der Waals surface area contributed by atoms with Crippen LogP contribution in [-0.4, -0.2) is 28.6 Å². The van der Waals surface area contributed by atoms with Gasteiger partial charge in [0.25, 0.3) is 0 Å². The molecule has 4 nitrogen and oxygen atoms in total. The summed E-state index contributed by atoms with van der Waals surface area (Å²) in [5.41, 5.74) is 3.26. The molecule has 0 fully saturated rings. The van der Waals surface area contributed by atoms with E-state index in [0.717, 1.165) is 21.7 Å². The number of carbonyl (C=O) groups is 1. The maximum Gasteiger partial charge on any atom is 0.196 e. The average molecular weight is 385 g/mol. The number of phenolic OH excluding ortho intramolecular Hbond substituents is 1. The fourth-order valence-electron chi connectivity index (χ4n) is 2.44. The van der Waals surface area contributed by atoms with Gasteiger partial charge in [-0.25, -0.2) is 4.98 Å². The van der Waals surface area contributed by atoms with Gasteiger partial charge in [-0.1, -0.05) is 23.7 Å². The summed E-state index contributed by atoms with van der Waals surface area (Å²) in [6.45, 7) is 3.70. The van der Waals surface area contributed by atoms with Gasteiger partial charge < -0.3 is 5.11 Å². The number of aromatic hydroxyl groups is 1. The van der Waals surface area contributed by atoms with Gasteiger partial charge in [-0.05, 0) is 55.3 Å². The van der Waals surface area contributed by atoms with Gasteiger partial charge >= 0.3 is 0 Å². The number of ketones is 1. The summed E-state index contributed by atoms with van der Waals surface area (Å²) in [5.74, 6) is 0.181. The van der Waals surface area contributed by atoms with Crippen molar-refractivity contribution in [2.45, 2.75) is 13.8 Å². The highest BCUT2D eigenvalue weighted by atomic mass is 35.5. The van der Waals surface area contributed by atoms with Crippen LogP contribution < -0.4 is 0 Å².